The minimum atomic E-state index is -0.647. The van der Waals surface area contributed by atoms with Gasteiger partial charge in [-0.05, 0) is 63.9 Å². The van der Waals surface area contributed by atoms with Crippen LogP contribution in [-0.2, 0) is 9.59 Å². The highest BCUT2D eigenvalue weighted by atomic mass is 127. The molecular weight excluding hydrogens is 487 g/mol. The first-order valence-corrected chi connectivity index (χ1v) is 11.0. The van der Waals surface area contributed by atoms with Crippen LogP contribution >= 0.6 is 22.6 Å². The van der Waals surface area contributed by atoms with Crippen LogP contribution < -0.4 is 10.6 Å². The van der Waals surface area contributed by atoms with Crippen molar-refractivity contribution in [1.82, 2.24) is 5.32 Å². The van der Waals surface area contributed by atoms with Gasteiger partial charge in [-0.25, -0.2) is 0 Å². The molecule has 3 rings (SSSR count). The molecule has 0 spiro atoms. The third kappa shape index (κ3) is 5.69. The first kappa shape index (κ1) is 22.0. The summed E-state index contributed by atoms with van der Waals surface area (Å²) in [5.41, 5.74) is 2.49. The van der Waals surface area contributed by atoms with E-state index in [9.17, 15) is 9.59 Å². The van der Waals surface area contributed by atoms with E-state index in [2.05, 4.69) is 33.2 Å². The normalized spacial score (nSPS) is 11.9. The molecule has 0 aliphatic carbocycles. The first-order chi connectivity index (χ1) is 14.5. The number of hydrogen-bond donors (Lipinski definition) is 2. The van der Waals surface area contributed by atoms with Crippen LogP contribution in [0.25, 0.3) is 0 Å². The van der Waals surface area contributed by atoms with Gasteiger partial charge in [0.25, 0.3) is 0 Å². The van der Waals surface area contributed by atoms with Crippen molar-refractivity contribution in [1.29, 1.82) is 0 Å². The highest BCUT2D eigenvalue weighted by Gasteiger charge is 2.29. The van der Waals surface area contributed by atoms with E-state index in [1.54, 1.807) is 0 Å². The molecule has 4 nitrogen and oxygen atoms in total. The van der Waals surface area contributed by atoms with E-state index in [-0.39, 0.29) is 17.7 Å². The minimum absolute atomic E-state index is 0.0648. The Balaban J connectivity index is 1.82. The zero-order chi connectivity index (χ0) is 21.5. The van der Waals surface area contributed by atoms with E-state index >= 15 is 0 Å². The SMILES string of the molecule is CC(C)[C@H](NC(=O)C(c1ccccc1)c1ccccc1)C(=O)Nc1ccc(I)cc1. The number of benzene rings is 3. The second-order valence-corrected chi connectivity index (χ2v) is 8.73. The fourth-order valence-corrected chi connectivity index (χ4v) is 3.67. The van der Waals surface area contributed by atoms with Gasteiger partial charge in [0.15, 0.2) is 0 Å². The second kappa shape index (κ2) is 10.4. The van der Waals surface area contributed by atoms with Crippen LogP contribution in [0.1, 0.15) is 30.9 Å². The Kier molecular flexibility index (Phi) is 7.63. The highest BCUT2D eigenvalue weighted by Crippen LogP contribution is 2.25. The van der Waals surface area contributed by atoms with Crippen molar-refractivity contribution in [2.24, 2.45) is 5.92 Å². The fraction of sp³-hybridized carbons (Fsp3) is 0.200. The van der Waals surface area contributed by atoms with Crippen molar-refractivity contribution in [3.63, 3.8) is 0 Å². The molecule has 0 aliphatic heterocycles. The smallest absolute Gasteiger partial charge is 0.247 e. The number of amides is 2. The first-order valence-electron chi connectivity index (χ1n) is 9.92. The Labute approximate surface area is 191 Å². The Morgan fingerprint density at radius 2 is 1.23 bits per heavy atom. The van der Waals surface area contributed by atoms with Crippen molar-refractivity contribution in [3.8, 4) is 0 Å². The lowest BCUT2D eigenvalue weighted by atomic mass is 9.89. The van der Waals surface area contributed by atoms with Gasteiger partial charge in [-0.15, -0.1) is 0 Å². The third-order valence-corrected chi connectivity index (χ3v) is 5.61. The Hall–Kier alpha value is -2.67. The van der Waals surface area contributed by atoms with Crippen LogP contribution in [0.2, 0.25) is 0 Å². The summed E-state index contributed by atoms with van der Waals surface area (Å²) >= 11 is 2.22. The van der Waals surface area contributed by atoms with Crippen LogP contribution in [0.5, 0.6) is 0 Å². The van der Waals surface area contributed by atoms with Crippen LogP contribution in [0.4, 0.5) is 5.69 Å². The molecule has 3 aromatic rings. The maximum absolute atomic E-state index is 13.4. The van der Waals surface area contributed by atoms with Crippen LogP contribution in [0.3, 0.4) is 0 Å². The zero-order valence-corrected chi connectivity index (χ0v) is 19.2. The summed E-state index contributed by atoms with van der Waals surface area (Å²) in [5, 5.41) is 5.91. The number of carbonyl (C=O) groups excluding carboxylic acids is 2. The van der Waals surface area contributed by atoms with Gasteiger partial charge < -0.3 is 10.6 Å². The van der Waals surface area contributed by atoms with Gasteiger partial charge in [-0.2, -0.15) is 0 Å². The lowest BCUT2D eigenvalue weighted by molar-refractivity contribution is -0.127. The molecule has 0 saturated carbocycles. The molecule has 0 fully saturated rings. The largest absolute Gasteiger partial charge is 0.343 e. The maximum atomic E-state index is 13.4. The molecule has 0 radical (unpaired) electrons. The second-order valence-electron chi connectivity index (χ2n) is 7.48. The summed E-state index contributed by atoms with van der Waals surface area (Å²) in [6, 6.07) is 26.2. The lowest BCUT2D eigenvalue weighted by Gasteiger charge is -2.25. The molecule has 0 bridgehead atoms. The van der Waals surface area contributed by atoms with E-state index in [0.717, 1.165) is 14.7 Å². The lowest BCUT2D eigenvalue weighted by Crippen LogP contribution is -2.48. The quantitative estimate of drug-likeness (QED) is 0.428. The number of carbonyl (C=O) groups is 2. The van der Waals surface area contributed by atoms with E-state index in [4.69, 9.17) is 0 Å². The highest BCUT2D eigenvalue weighted by molar-refractivity contribution is 14.1. The molecule has 3 aromatic carbocycles. The molecule has 0 aliphatic rings. The predicted octanol–water partition coefficient (Wildman–Crippen LogP) is 5.20. The van der Waals surface area contributed by atoms with Gasteiger partial charge in [0.2, 0.25) is 11.8 Å². The van der Waals surface area contributed by atoms with E-state index < -0.39 is 12.0 Å². The predicted molar refractivity (Wildman–Crippen MR) is 129 cm³/mol. The number of rotatable bonds is 7. The molecule has 30 heavy (non-hydrogen) atoms. The number of nitrogens with one attached hydrogen (secondary N) is 2. The molecule has 0 saturated heterocycles. The number of halogens is 1. The third-order valence-electron chi connectivity index (χ3n) is 4.89. The van der Waals surface area contributed by atoms with Crippen molar-refractivity contribution in [2.75, 3.05) is 5.32 Å². The fourth-order valence-electron chi connectivity index (χ4n) is 3.31. The van der Waals surface area contributed by atoms with E-state index in [0.29, 0.717) is 5.69 Å². The number of hydrogen-bond acceptors (Lipinski definition) is 2. The molecule has 0 aromatic heterocycles. The Morgan fingerprint density at radius 3 is 1.70 bits per heavy atom. The average molecular weight is 512 g/mol. The van der Waals surface area contributed by atoms with Crippen LogP contribution in [0.15, 0.2) is 84.9 Å². The van der Waals surface area contributed by atoms with Gasteiger partial charge in [0.05, 0.1) is 5.92 Å². The maximum Gasteiger partial charge on any atom is 0.247 e. The van der Waals surface area contributed by atoms with E-state index in [1.165, 1.54) is 0 Å². The van der Waals surface area contributed by atoms with Crippen LogP contribution in [-0.4, -0.2) is 17.9 Å². The molecule has 154 valence electrons. The zero-order valence-electron chi connectivity index (χ0n) is 17.0. The molecule has 0 unspecified atom stereocenters. The number of anilines is 1. The molecule has 2 N–H and O–H groups in total. The standard InChI is InChI=1S/C25H25IN2O2/c1-17(2)23(25(30)27-21-15-13-20(26)14-16-21)28-24(29)22(18-9-5-3-6-10-18)19-11-7-4-8-12-19/h3-17,22-23H,1-2H3,(H,27,30)(H,28,29)/t23-/m0/s1. The van der Waals surface area contributed by atoms with Crippen molar-refractivity contribution in [3.05, 3.63) is 99.6 Å². The van der Waals surface area contributed by atoms with Crippen molar-refractivity contribution in [2.45, 2.75) is 25.8 Å². The average Bonchev–Trinajstić information content (AvgIpc) is 2.75. The van der Waals surface area contributed by atoms with Gasteiger partial charge in [0.1, 0.15) is 6.04 Å². The summed E-state index contributed by atoms with van der Waals surface area (Å²) in [6.07, 6.45) is 0. The molecule has 5 heteroatoms. The molecular formula is C25H25IN2O2. The monoisotopic (exact) mass is 512 g/mol. The summed E-state index contributed by atoms with van der Waals surface area (Å²) in [4.78, 5) is 26.3. The van der Waals surface area contributed by atoms with E-state index in [1.807, 2.05) is 98.8 Å². The van der Waals surface area contributed by atoms with Gasteiger partial charge in [-0.1, -0.05) is 74.5 Å². The summed E-state index contributed by atoms with van der Waals surface area (Å²) in [6.45, 7) is 3.86. The molecule has 0 heterocycles. The van der Waals surface area contributed by atoms with Gasteiger partial charge >= 0.3 is 0 Å². The molecule has 1 atom stereocenters. The Morgan fingerprint density at radius 1 is 0.733 bits per heavy atom. The van der Waals surface area contributed by atoms with Crippen LogP contribution in [0, 0.1) is 9.49 Å². The Bertz CT molecular complexity index is 934. The van der Waals surface area contributed by atoms with Crippen molar-refractivity contribution < 1.29 is 9.59 Å². The summed E-state index contributed by atoms with van der Waals surface area (Å²) < 4.78 is 1.09. The van der Waals surface area contributed by atoms with Gasteiger partial charge in [-0.3, -0.25) is 9.59 Å². The summed E-state index contributed by atoms with van der Waals surface area (Å²) in [5.74, 6) is -0.965. The summed E-state index contributed by atoms with van der Waals surface area (Å²) in [7, 11) is 0. The molecule has 2 amide bonds. The van der Waals surface area contributed by atoms with Crippen molar-refractivity contribution >= 4 is 40.1 Å². The topological polar surface area (TPSA) is 58.2 Å². The van der Waals surface area contributed by atoms with Gasteiger partial charge in [0, 0.05) is 9.26 Å². The minimum Gasteiger partial charge on any atom is -0.343 e.